The van der Waals surface area contributed by atoms with Crippen molar-refractivity contribution < 1.29 is 14.0 Å². The van der Waals surface area contributed by atoms with Gasteiger partial charge in [0.15, 0.2) is 0 Å². The van der Waals surface area contributed by atoms with Crippen molar-refractivity contribution in [2.75, 3.05) is 11.4 Å². The molecule has 4 aromatic carbocycles. The minimum absolute atomic E-state index is 0.185. The van der Waals surface area contributed by atoms with Crippen molar-refractivity contribution in [1.29, 1.82) is 0 Å². The molecule has 2 amide bonds. The van der Waals surface area contributed by atoms with Crippen LogP contribution < -0.4 is 10.2 Å². The van der Waals surface area contributed by atoms with Crippen molar-refractivity contribution in [1.82, 2.24) is 5.32 Å². The van der Waals surface area contributed by atoms with E-state index in [9.17, 15) is 18.9 Å². The van der Waals surface area contributed by atoms with E-state index in [4.69, 9.17) is 0 Å². The third kappa shape index (κ3) is 5.77. The lowest BCUT2D eigenvalue weighted by Crippen LogP contribution is -2.29. The van der Waals surface area contributed by atoms with Crippen LogP contribution in [-0.4, -0.2) is 18.4 Å². The van der Waals surface area contributed by atoms with Crippen LogP contribution in [-0.2, 0) is 19.5 Å². The molecule has 1 N–H and O–H groups in total. The summed E-state index contributed by atoms with van der Waals surface area (Å²) in [5, 5.41) is 5.46. The number of carbonyl (C=O) groups excluding carboxylic acids is 2. The molecule has 39 heavy (non-hydrogen) atoms. The Morgan fingerprint density at radius 1 is 0.949 bits per heavy atom. The van der Waals surface area contributed by atoms with E-state index in [0.29, 0.717) is 23.2 Å². The Morgan fingerprint density at radius 3 is 2.49 bits per heavy atom. The van der Waals surface area contributed by atoms with E-state index in [1.54, 1.807) is 31.2 Å². The molecule has 196 valence electrons. The number of amides is 2. The van der Waals surface area contributed by atoms with Crippen LogP contribution >= 0.6 is 0 Å². The molecule has 0 atom stereocenters. The van der Waals surface area contributed by atoms with Crippen molar-refractivity contribution >= 4 is 17.5 Å². The highest BCUT2D eigenvalue weighted by Gasteiger charge is 2.19. The Hall–Kier alpha value is -4.65. The zero-order chi connectivity index (χ0) is 27.4. The van der Waals surface area contributed by atoms with Crippen LogP contribution in [0.5, 0.6) is 0 Å². The average Bonchev–Trinajstić information content (AvgIpc) is 2.97. The predicted octanol–water partition coefficient (Wildman–Crippen LogP) is 6.59. The summed E-state index contributed by atoms with van der Waals surface area (Å²) in [5.74, 6) is -1.24. The van der Waals surface area contributed by atoms with Crippen molar-refractivity contribution in [2.45, 2.75) is 32.9 Å². The molecule has 0 bridgehead atoms. The molecule has 0 fully saturated rings. The summed E-state index contributed by atoms with van der Waals surface area (Å²) in [7, 11) is 0. The van der Waals surface area contributed by atoms with Gasteiger partial charge in [-0.25, -0.2) is 4.39 Å². The van der Waals surface area contributed by atoms with Crippen LogP contribution in [0, 0.1) is 17.6 Å². The van der Waals surface area contributed by atoms with Gasteiger partial charge in [0.25, 0.3) is 5.91 Å². The highest BCUT2D eigenvalue weighted by Crippen LogP contribution is 2.30. The van der Waals surface area contributed by atoms with Crippen molar-refractivity contribution in [3.05, 3.63) is 129 Å². The number of carbonyl (C=O) groups is 2. The number of hydrogen-bond acceptors (Lipinski definition) is 4. The SMILES string of the molecule is Cc1ccc(CNC(=O)c2ccc3c(c2)CCCN3Cc2ccc(-c3ccccc3C(=O)N=O)cc2)cc1F. The summed E-state index contributed by atoms with van der Waals surface area (Å²) < 4.78 is 13.8. The minimum atomic E-state index is -0.781. The Morgan fingerprint density at radius 2 is 1.72 bits per heavy atom. The molecule has 7 heteroatoms. The van der Waals surface area contributed by atoms with E-state index in [-0.39, 0.29) is 23.8 Å². The van der Waals surface area contributed by atoms with Gasteiger partial charge >= 0.3 is 5.91 Å². The number of aryl methyl sites for hydroxylation is 2. The fourth-order valence-electron chi connectivity index (χ4n) is 4.99. The van der Waals surface area contributed by atoms with E-state index in [0.717, 1.165) is 47.3 Å². The molecule has 0 radical (unpaired) electrons. The van der Waals surface area contributed by atoms with Crippen molar-refractivity contribution in [3.8, 4) is 11.1 Å². The first kappa shape index (κ1) is 26.0. The van der Waals surface area contributed by atoms with E-state index < -0.39 is 5.91 Å². The fraction of sp³-hybridized carbons (Fsp3) is 0.188. The standard InChI is InChI=1S/C32H28FN3O3/c1-21-8-9-23(17-29(21)33)19-34-31(37)26-14-15-30-25(18-26)5-4-16-36(30)20-22-10-12-24(13-11-22)27-6-2-3-7-28(27)32(38)35-39/h2-3,6-15,17-18H,4-5,16,19-20H2,1H3,(H,34,37). The van der Waals surface area contributed by atoms with Crippen LogP contribution in [0.2, 0.25) is 0 Å². The zero-order valence-corrected chi connectivity index (χ0v) is 21.6. The second-order valence-corrected chi connectivity index (χ2v) is 9.77. The number of rotatable bonds is 7. The topological polar surface area (TPSA) is 78.8 Å². The van der Waals surface area contributed by atoms with Gasteiger partial charge < -0.3 is 10.2 Å². The molecular formula is C32H28FN3O3. The van der Waals surface area contributed by atoms with Crippen LogP contribution in [0.15, 0.2) is 90.1 Å². The molecule has 4 aromatic rings. The molecule has 0 aliphatic carbocycles. The third-order valence-electron chi connectivity index (χ3n) is 7.12. The summed E-state index contributed by atoms with van der Waals surface area (Å²) >= 11 is 0. The maximum atomic E-state index is 13.8. The largest absolute Gasteiger partial charge is 0.367 e. The lowest BCUT2D eigenvalue weighted by molar-refractivity contribution is 0.0949. The molecule has 0 aromatic heterocycles. The molecule has 1 aliphatic heterocycles. The highest BCUT2D eigenvalue weighted by atomic mass is 19.1. The molecule has 0 unspecified atom stereocenters. The first-order chi connectivity index (χ1) is 18.9. The van der Waals surface area contributed by atoms with Crippen LogP contribution in [0.1, 0.15) is 49.4 Å². The van der Waals surface area contributed by atoms with Gasteiger partial charge in [-0.1, -0.05) is 54.6 Å². The van der Waals surface area contributed by atoms with Gasteiger partial charge in [-0.2, -0.15) is 0 Å². The number of halogens is 1. The molecular weight excluding hydrogens is 493 g/mol. The Labute approximate surface area is 226 Å². The van der Waals surface area contributed by atoms with E-state index in [2.05, 4.69) is 15.4 Å². The van der Waals surface area contributed by atoms with Gasteiger partial charge in [0.05, 0.1) is 5.56 Å². The molecule has 1 aliphatic rings. The van der Waals surface area contributed by atoms with Gasteiger partial charge in [-0.15, -0.1) is 4.91 Å². The number of nitroso groups, excluding NO2 is 1. The first-order valence-corrected chi connectivity index (χ1v) is 12.9. The fourth-order valence-corrected chi connectivity index (χ4v) is 4.99. The number of nitrogens with zero attached hydrogens (tertiary/aromatic N) is 2. The summed E-state index contributed by atoms with van der Waals surface area (Å²) in [6.07, 6.45) is 1.87. The monoisotopic (exact) mass is 521 g/mol. The Kier molecular flexibility index (Phi) is 7.59. The summed E-state index contributed by atoms with van der Waals surface area (Å²) in [6.45, 7) is 3.58. The molecule has 1 heterocycles. The van der Waals surface area contributed by atoms with E-state index in [1.807, 2.05) is 54.6 Å². The van der Waals surface area contributed by atoms with Gasteiger partial charge in [-0.05, 0) is 83.5 Å². The molecule has 0 spiro atoms. The predicted molar refractivity (Wildman–Crippen MR) is 150 cm³/mol. The molecule has 6 nitrogen and oxygen atoms in total. The van der Waals surface area contributed by atoms with Crippen LogP contribution in [0.25, 0.3) is 11.1 Å². The summed E-state index contributed by atoms with van der Waals surface area (Å²) in [4.78, 5) is 37.8. The molecule has 0 saturated heterocycles. The zero-order valence-electron chi connectivity index (χ0n) is 21.6. The van der Waals surface area contributed by atoms with Crippen LogP contribution in [0.4, 0.5) is 10.1 Å². The van der Waals surface area contributed by atoms with Gasteiger partial charge in [0.1, 0.15) is 5.82 Å². The maximum absolute atomic E-state index is 13.8. The van der Waals surface area contributed by atoms with Crippen molar-refractivity contribution in [3.63, 3.8) is 0 Å². The number of benzene rings is 4. The number of nitrogens with one attached hydrogen (secondary N) is 1. The van der Waals surface area contributed by atoms with Gasteiger partial charge in [-0.3, -0.25) is 9.59 Å². The lowest BCUT2D eigenvalue weighted by atomic mass is 9.97. The van der Waals surface area contributed by atoms with Gasteiger partial charge in [0.2, 0.25) is 0 Å². The van der Waals surface area contributed by atoms with Crippen molar-refractivity contribution in [2.24, 2.45) is 5.18 Å². The van der Waals surface area contributed by atoms with E-state index in [1.165, 1.54) is 6.07 Å². The molecule has 0 saturated carbocycles. The third-order valence-corrected chi connectivity index (χ3v) is 7.12. The summed E-state index contributed by atoms with van der Waals surface area (Å²) in [6, 6.07) is 25.7. The lowest BCUT2D eigenvalue weighted by Gasteiger charge is -2.31. The number of anilines is 1. The smallest absolute Gasteiger partial charge is 0.317 e. The normalized spacial score (nSPS) is 12.5. The molecule has 5 rings (SSSR count). The first-order valence-electron chi connectivity index (χ1n) is 12.9. The van der Waals surface area contributed by atoms with E-state index >= 15 is 0 Å². The maximum Gasteiger partial charge on any atom is 0.317 e. The quantitative estimate of drug-likeness (QED) is 0.278. The second kappa shape index (κ2) is 11.4. The Balaban J connectivity index is 1.27. The second-order valence-electron chi connectivity index (χ2n) is 9.77. The Bertz CT molecular complexity index is 1550. The average molecular weight is 522 g/mol. The number of fused-ring (bicyclic) bond motifs is 1. The number of hydrogen-bond donors (Lipinski definition) is 1. The minimum Gasteiger partial charge on any atom is -0.367 e. The van der Waals surface area contributed by atoms with Crippen LogP contribution in [0.3, 0.4) is 0 Å². The highest BCUT2D eigenvalue weighted by molar-refractivity contribution is 6.01. The summed E-state index contributed by atoms with van der Waals surface area (Å²) in [5.41, 5.74) is 7.03. The van der Waals surface area contributed by atoms with Gasteiger partial charge in [0, 0.05) is 36.1 Å².